The van der Waals surface area contributed by atoms with Gasteiger partial charge in [0, 0.05) is 23.8 Å². The van der Waals surface area contributed by atoms with Crippen LogP contribution in [0.3, 0.4) is 0 Å². The molecule has 2 aromatic rings. The first kappa shape index (κ1) is 17.9. The number of nitrogens with zero attached hydrogens (tertiary/aromatic N) is 1. The van der Waals surface area contributed by atoms with Gasteiger partial charge in [0.2, 0.25) is 10.0 Å². The maximum absolute atomic E-state index is 12.4. The lowest BCUT2D eigenvalue weighted by Gasteiger charge is -2.26. The molecule has 1 amide bonds. The molecule has 0 spiro atoms. The van der Waals surface area contributed by atoms with E-state index in [2.05, 4.69) is 4.72 Å². The number of amides is 1. The lowest BCUT2D eigenvalue weighted by atomic mass is 10.2. The van der Waals surface area contributed by atoms with E-state index < -0.39 is 10.0 Å². The molecule has 0 radical (unpaired) electrons. The number of sulfonamides is 1. The Morgan fingerprint density at radius 3 is 2.40 bits per heavy atom. The van der Waals surface area contributed by atoms with E-state index in [1.54, 1.807) is 41.3 Å². The van der Waals surface area contributed by atoms with E-state index >= 15 is 0 Å². The number of carbonyl (C=O) groups is 1. The molecule has 1 aliphatic heterocycles. The summed E-state index contributed by atoms with van der Waals surface area (Å²) in [6.07, 6.45) is 0. The van der Waals surface area contributed by atoms with E-state index in [1.807, 2.05) is 0 Å². The molecule has 8 heteroatoms. The summed E-state index contributed by atoms with van der Waals surface area (Å²) >= 11 is 5.81. The van der Waals surface area contributed by atoms with Crippen molar-refractivity contribution in [2.24, 2.45) is 0 Å². The summed E-state index contributed by atoms with van der Waals surface area (Å²) < 4.78 is 32.4. The van der Waals surface area contributed by atoms with E-state index in [9.17, 15) is 13.2 Å². The maximum Gasteiger partial charge on any atom is 0.253 e. The molecule has 0 saturated carbocycles. The quantitative estimate of drug-likeness (QED) is 0.862. The van der Waals surface area contributed by atoms with Crippen LogP contribution in [0.4, 0.5) is 5.69 Å². The van der Waals surface area contributed by atoms with Gasteiger partial charge in [-0.25, -0.2) is 13.1 Å². The number of hydrogen-bond donors (Lipinski definition) is 1. The van der Waals surface area contributed by atoms with Gasteiger partial charge in [0.15, 0.2) is 0 Å². The predicted molar refractivity (Wildman–Crippen MR) is 95.1 cm³/mol. The van der Waals surface area contributed by atoms with Crippen LogP contribution in [-0.4, -0.2) is 34.1 Å². The normalized spacial score (nSPS) is 15.4. The van der Waals surface area contributed by atoms with Crippen molar-refractivity contribution in [1.29, 1.82) is 0 Å². The summed E-state index contributed by atoms with van der Waals surface area (Å²) in [6, 6.07) is 13.2. The van der Waals surface area contributed by atoms with Crippen LogP contribution in [0, 0.1) is 0 Å². The fraction of sp³-hybridized carbons (Fsp3) is 0.235. The van der Waals surface area contributed by atoms with Crippen molar-refractivity contribution in [3.8, 4) is 0 Å². The zero-order valence-corrected chi connectivity index (χ0v) is 14.9. The first-order chi connectivity index (χ1) is 12.0. The summed E-state index contributed by atoms with van der Waals surface area (Å²) in [6.45, 7) is 1.14. The Balaban J connectivity index is 1.69. The minimum Gasteiger partial charge on any atom is -0.370 e. The standard InChI is InChI=1S/C17H17ClN2O4S/c18-14-3-1-13(2-4-14)11-19-25(22,23)16-7-5-15(6-8-16)20-9-10-24-12-17(20)21/h1-8,19H,9-12H2. The molecule has 1 saturated heterocycles. The summed E-state index contributed by atoms with van der Waals surface area (Å²) in [4.78, 5) is 13.5. The molecule has 6 nitrogen and oxygen atoms in total. The third-order valence-electron chi connectivity index (χ3n) is 3.82. The van der Waals surface area contributed by atoms with Crippen LogP contribution in [0.5, 0.6) is 0 Å². The fourth-order valence-corrected chi connectivity index (χ4v) is 3.60. The molecule has 0 aromatic heterocycles. The molecule has 1 aliphatic rings. The number of hydrogen-bond acceptors (Lipinski definition) is 4. The van der Waals surface area contributed by atoms with E-state index in [-0.39, 0.29) is 24.0 Å². The Morgan fingerprint density at radius 1 is 1.08 bits per heavy atom. The third-order valence-corrected chi connectivity index (χ3v) is 5.49. The lowest BCUT2D eigenvalue weighted by molar-refractivity contribution is -0.125. The predicted octanol–water partition coefficient (Wildman–Crippen LogP) is 2.18. The second kappa shape index (κ2) is 7.53. The minimum atomic E-state index is -3.64. The highest BCUT2D eigenvalue weighted by Gasteiger charge is 2.21. The highest BCUT2D eigenvalue weighted by molar-refractivity contribution is 7.89. The molecule has 1 heterocycles. The Labute approximate surface area is 151 Å². The first-order valence-electron chi connectivity index (χ1n) is 7.68. The van der Waals surface area contributed by atoms with Crippen molar-refractivity contribution in [3.63, 3.8) is 0 Å². The van der Waals surface area contributed by atoms with Crippen LogP contribution < -0.4 is 9.62 Å². The van der Waals surface area contributed by atoms with Crippen molar-refractivity contribution in [1.82, 2.24) is 4.72 Å². The van der Waals surface area contributed by atoms with Gasteiger partial charge in [-0.15, -0.1) is 0 Å². The van der Waals surface area contributed by atoms with E-state index in [4.69, 9.17) is 16.3 Å². The van der Waals surface area contributed by atoms with Crippen LogP contribution in [0.25, 0.3) is 0 Å². The minimum absolute atomic E-state index is 0.0443. The molecule has 3 rings (SSSR count). The van der Waals surface area contributed by atoms with Gasteiger partial charge >= 0.3 is 0 Å². The highest BCUT2D eigenvalue weighted by atomic mass is 35.5. The molecule has 2 aromatic carbocycles. The smallest absolute Gasteiger partial charge is 0.253 e. The van der Waals surface area contributed by atoms with Gasteiger partial charge in [-0.3, -0.25) is 4.79 Å². The maximum atomic E-state index is 12.4. The topological polar surface area (TPSA) is 75.7 Å². The molecular weight excluding hydrogens is 364 g/mol. The van der Waals surface area contributed by atoms with E-state index in [1.165, 1.54) is 12.1 Å². The zero-order valence-electron chi connectivity index (χ0n) is 13.3. The Bertz CT molecular complexity index is 851. The average molecular weight is 381 g/mol. The average Bonchev–Trinajstić information content (AvgIpc) is 2.62. The second-order valence-corrected chi connectivity index (χ2v) is 7.75. The summed E-state index contributed by atoms with van der Waals surface area (Å²) in [5.74, 6) is -0.136. The van der Waals surface area contributed by atoms with Gasteiger partial charge in [0.1, 0.15) is 6.61 Å². The molecule has 25 heavy (non-hydrogen) atoms. The zero-order chi connectivity index (χ0) is 17.9. The number of carbonyl (C=O) groups excluding carboxylic acids is 1. The largest absolute Gasteiger partial charge is 0.370 e. The van der Waals surface area contributed by atoms with Gasteiger partial charge in [-0.05, 0) is 42.0 Å². The van der Waals surface area contributed by atoms with E-state index in [0.29, 0.717) is 23.9 Å². The van der Waals surface area contributed by atoms with Crippen LogP contribution >= 0.6 is 11.6 Å². The van der Waals surface area contributed by atoms with Crippen molar-refractivity contribution < 1.29 is 17.9 Å². The fourth-order valence-electron chi connectivity index (χ4n) is 2.46. The monoisotopic (exact) mass is 380 g/mol. The van der Waals surface area contributed by atoms with Crippen molar-refractivity contribution >= 4 is 33.2 Å². The van der Waals surface area contributed by atoms with Crippen molar-refractivity contribution in [3.05, 3.63) is 59.1 Å². The lowest BCUT2D eigenvalue weighted by Crippen LogP contribution is -2.41. The molecular formula is C17H17ClN2O4S. The van der Waals surface area contributed by atoms with Crippen molar-refractivity contribution in [2.45, 2.75) is 11.4 Å². The molecule has 132 valence electrons. The highest BCUT2D eigenvalue weighted by Crippen LogP contribution is 2.20. The number of benzene rings is 2. The van der Waals surface area contributed by atoms with Gasteiger partial charge in [0.25, 0.3) is 5.91 Å². The van der Waals surface area contributed by atoms with Crippen LogP contribution in [0.2, 0.25) is 5.02 Å². The first-order valence-corrected chi connectivity index (χ1v) is 9.54. The summed E-state index contributed by atoms with van der Waals surface area (Å²) in [5, 5.41) is 0.597. The number of nitrogens with one attached hydrogen (secondary N) is 1. The molecule has 1 N–H and O–H groups in total. The Hall–Kier alpha value is -1.93. The molecule has 1 fully saturated rings. The summed E-state index contributed by atoms with van der Waals surface area (Å²) in [5.41, 5.74) is 1.47. The van der Waals surface area contributed by atoms with Gasteiger partial charge < -0.3 is 9.64 Å². The van der Waals surface area contributed by atoms with E-state index in [0.717, 1.165) is 5.56 Å². The van der Waals surface area contributed by atoms with Crippen LogP contribution in [0.1, 0.15) is 5.56 Å². The van der Waals surface area contributed by atoms with Gasteiger partial charge in [-0.1, -0.05) is 23.7 Å². The molecule has 0 unspecified atom stereocenters. The number of rotatable bonds is 5. The Morgan fingerprint density at radius 2 is 1.76 bits per heavy atom. The molecule has 0 atom stereocenters. The number of halogens is 1. The Kier molecular flexibility index (Phi) is 5.39. The van der Waals surface area contributed by atoms with Crippen LogP contribution in [-0.2, 0) is 26.1 Å². The summed E-state index contributed by atoms with van der Waals surface area (Å²) in [7, 11) is -3.64. The van der Waals surface area contributed by atoms with Gasteiger partial charge in [-0.2, -0.15) is 0 Å². The number of anilines is 1. The number of morpholine rings is 1. The van der Waals surface area contributed by atoms with Crippen LogP contribution in [0.15, 0.2) is 53.4 Å². The van der Waals surface area contributed by atoms with Gasteiger partial charge in [0.05, 0.1) is 11.5 Å². The molecule has 0 aliphatic carbocycles. The number of ether oxygens (including phenoxy) is 1. The van der Waals surface area contributed by atoms with Crippen molar-refractivity contribution in [2.75, 3.05) is 24.7 Å². The SMILES string of the molecule is O=C1COCCN1c1ccc(S(=O)(=O)NCc2ccc(Cl)cc2)cc1. The second-order valence-electron chi connectivity index (χ2n) is 5.54. The third kappa shape index (κ3) is 4.38. The molecule has 0 bridgehead atoms.